The van der Waals surface area contributed by atoms with Crippen LogP contribution < -0.4 is 55.1 Å². The predicted octanol–water partition coefficient (Wildman–Crippen LogP) is 0.148. The summed E-state index contributed by atoms with van der Waals surface area (Å²) in [5.41, 5.74) is 34.5. The van der Waals surface area contributed by atoms with Crippen LogP contribution in [-0.4, -0.2) is 123 Å². The van der Waals surface area contributed by atoms with Crippen LogP contribution >= 0.6 is 0 Å². The largest absolute Gasteiger partial charge is 0.477 e. The van der Waals surface area contributed by atoms with Gasteiger partial charge in [0, 0.05) is 76.8 Å². The molecule has 0 atom stereocenters. The van der Waals surface area contributed by atoms with Gasteiger partial charge in [0.15, 0.2) is 17.7 Å². The Morgan fingerprint density at radius 3 is 1.64 bits per heavy atom. The van der Waals surface area contributed by atoms with E-state index in [0.29, 0.717) is 5.52 Å². The van der Waals surface area contributed by atoms with E-state index in [1.54, 1.807) is 28.7 Å². The second-order valence-electron chi connectivity index (χ2n) is 15.8. The van der Waals surface area contributed by atoms with E-state index in [1.807, 2.05) is 0 Å². The van der Waals surface area contributed by atoms with E-state index in [0.717, 1.165) is 31.7 Å². The highest BCUT2D eigenvalue weighted by molar-refractivity contribution is 6.04. The Balaban J connectivity index is 0.889. The predicted molar refractivity (Wildman–Crippen MR) is 235 cm³/mol. The number of aromatic nitrogens is 2. The number of carboxylic acids is 2. The van der Waals surface area contributed by atoms with E-state index in [4.69, 9.17) is 34.4 Å². The molecule has 23 nitrogen and oxygen atoms in total. The molecule has 2 aromatic carbocycles. The molecule has 0 radical (unpaired) electrons. The lowest BCUT2D eigenvalue weighted by Gasteiger charge is -2.37. The number of carbonyl (C=O) groups excluding carboxylic acids is 1. The van der Waals surface area contributed by atoms with Crippen molar-refractivity contribution >= 4 is 86.4 Å². The molecule has 0 unspecified atom stereocenters. The molecule has 2 aliphatic heterocycles. The van der Waals surface area contributed by atoms with E-state index in [1.165, 1.54) is 18.5 Å². The fourth-order valence-corrected chi connectivity index (χ4v) is 8.14. The molecule has 4 heterocycles. The van der Waals surface area contributed by atoms with Crippen molar-refractivity contribution in [1.29, 1.82) is 0 Å². The van der Waals surface area contributed by atoms with Crippen LogP contribution in [0.5, 0.6) is 0 Å². The molecule has 2 saturated heterocycles. The number of hydrogen-bond donors (Lipinski definition) is 8. The van der Waals surface area contributed by atoms with Crippen LogP contribution in [0.2, 0.25) is 0 Å². The van der Waals surface area contributed by atoms with Crippen LogP contribution in [-0.2, 0) is 0 Å². The minimum atomic E-state index is -1.43. The van der Waals surface area contributed by atoms with Crippen LogP contribution in [0, 0.1) is 11.6 Å². The first-order valence-corrected chi connectivity index (χ1v) is 20.1. The van der Waals surface area contributed by atoms with Crippen molar-refractivity contribution in [3.8, 4) is 0 Å². The highest BCUT2D eigenvalue weighted by atomic mass is 19.1. The van der Waals surface area contributed by atoms with Crippen molar-refractivity contribution in [2.45, 2.75) is 37.8 Å². The van der Waals surface area contributed by atoms with Gasteiger partial charge in [-0.2, -0.15) is 20.0 Å². The Labute approximate surface area is 360 Å². The zero-order chi connectivity index (χ0) is 45.9. The molecule has 4 fully saturated rings. The number of nitrogen functional groups attached to an aromatic ring is 2. The van der Waals surface area contributed by atoms with Gasteiger partial charge in [0.2, 0.25) is 22.8 Å². The van der Waals surface area contributed by atoms with Crippen molar-refractivity contribution in [2.24, 2.45) is 42.9 Å². The van der Waals surface area contributed by atoms with Crippen LogP contribution in [0.1, 0.15) is 58.5 Å². The number of rotatable bonds is 6. The molecule has 64 heavy (non-hydrogen) atoms. The molecular weight excluding hydrogens is 843 g/mol. The summed E-state index contributed by atoms with van der Waals surface area (Å²) in [6.07, 6.45) is 5.59. The summed E-state index contributed by atoms with van der Waals surface area (Å²) in [4.78, 5) is 83.8. The number of hydrogen-bond acceptors (Lipinski definition) is 9. The number of amides is 2. The summed E-state index contributed by atoms with van der Waals surface area (Å²) in [6, 6.07) is 1.26. The number of anilines is 4. The number of fused-ring (bicyclic) bond motifs is 2. The first kappa shape index (κ1) is 42.7. The molecule has 4 aliphatic rings. The molecule has 0 spiro atoms. The molecule has 4 aromatic rings. The average Bonchev–Trinajstić information content (AvgIpc) is 4.18. The van der Waals surface area contributed by atoms with E-state index < -0.39 is 69.2 Å². The number of carbonyl (C=O) groups is 3. The van der Waals surface area contributed by atoms with E-state index in [-0.39, 0.29) is 110 Å². The lowest BCUT2D eigenvalue weighted by atomic mass is 10.1. The standard InChI is InChI=1S/C39H44F2N16O7/c40-22-13-19-29(57(18-3-4-18)16-20(31(19)58)33(60)61)28(43)30(22)53-7-11-55(12-8-53)38(47)49-36(45)51-39(64)50-35(44)48-37(46)54-9-5-52(6-10-54)24-14-23-25(27(42)26(24)41)32(59)21(34(62)63)15-56(23)17-1-2-17/h13-18H,1-12,42-43H2,(H,60,61)(H,62,63)(H8,44,45,46,47,48,49,50,51,64). The second kappa shape index (κ2) is 16.4. The SMILES string of the molecule is NC(=N\C(=O)/N=C(N)/N=C(\N)N1CCN(c2c(F)cc3c(=O)c(C(=O)O)cn(C4CC4)c3c2N)CC1)/N=C(\N)N1CCN(c2cc3c(c(N)c2F)c(=O)c(C(=O)O)cn3C2CC2)CC1. The van der Waals surface area contributed by atoms with Crippen LogP contribution in [0.15, 0.2) is 54.1 Å². The number of aromatic carboxylic acids is 2. The number of pyridine rings is 2. The molecule has 2 amide bonds. The maximum absolute atomic E-state index is 15.7. The first-order valence-electron chi connectivity index (χ1n) is 20.1. The fourth-order valence-electron chi connectivity index (χ4n) is 8.14. The average molecular weight is 887 g/mol. The Kier molecular flexibility index (Phi) is 10.9. The van der Waals surface area contributed by atoms with Crippen LogP contribution in [0.3, 0.4) is 0 Å². The number of aliphatic imine (C=N–C) groups is 4. The number of piperazine rings is 2. The smallest absolute Gasteiger partial charge is 0.373 e. The van der Waals surface area contributed by atoms with Crippen LogP contribution in [0.25, 0.3) is 21.8 Å². The van der Waals surface area contributed by atoms with Gasteiger partial charge in [0.25, 0.3) is 0 Å². The maximum Gasteiger partial charge on any atom is 0.373 e. The molecule has 2 saturated carbocycles. The number of nitrogens with two attached hydrogens (primary N) is 6. The van der Waals surface area contributed by atoms with Crippen molar-refractivity contribution < 1.29 is 33.4 Å². The van der Waals surface area contributed by atoms with Gasteiger partial charge in [0.1, 0.15) is 16.9 Å². The topological polar surface area (TPSA) is 354 Å². The summed E-state index contributed by atoms with van der Waals surface area (Å²) in [5, 5.41) is 18.8. The van der Waals surface area contributed by atoms with Gasteiger partial charge in [0.05, 0.1) is 44.6 Å². The second-order valence-corrected chi connectivity index (χ2v) is 15.8. The molecule has 14 N–H and O–H groups in total. The highest BCUT2D eigenvalue weighted by Crippen LogP contribution is 2.42. The maximum atomic E-state index is 15.7. The minimum absolute atomic E-state index is 0.0120. The van der Waals surface area contributed by atoms with Gasteiger partial charge in [-0.3, -0.25) is 9.59 Å². The van der Waals surface area contributed by atoms with Gasteiger partial charge >= 0.3 is 18.0 Å². The highest BCUT2D eigenvalue weighted by Gasteiger charge is 2.33. The molecule has 8 rings (SSSR count). The number of nitrogens with zero attached hydrogens (tertiary/aromatic N) is 10. The Bertz CT molecular complexity index is 2910. The summed E-state index contributed by atoms with van der Waals surface area (Å²) in [6.45, 7) is 1.80. The lowest BCUT2D eigenvalue weighted by molar-refractivity contribution is 0.0684. The monoisotopic (exact) mass is 886 g/mol. The van der Waals surface area contributed by atoms with Crippen molar-refractivity contribution in [3.05, 3.63) is 67.7 Å². The van der Waals surface area contributed by atoms with Gasteiger partial charge in [-0.15, -0.1) is 0 Å². The van der Waals surface area contributed by atoms with E-state index >= 15 is 8.78 Å². The van der Waals surface area contributed by atoms with Crippen molar-refractivity contribution in [2.75, 3.05) is 73.6 Å². The molecule has 25 heteroatoms. The van der Waals surface area contributed by atoms with Gasteiger partial charge < -0.3 is 73.3 Å². The molecule has 2 aliphatic carbocycles. The fraction of sp³-hybridized carbons (Fsp3) is 0.359. The van der Waals surface area contributed by atoms with E-state index in [9.17, 15) is 34.2 Å². The summed E-state index contributed by atoms with van der Waals surface area (Å²) >= 11 is 0. The molecular formula is C39H44F2N16O7. The molecule has 336 valence electrons. The number of urea groups is 1. The molecule has 2 aromatic heterocycles. The quantitative estimate of drug-likeness (QED) is 0.0725. The van der Waals surface area contributed by atoms with Gasteiger partial charge in [-0.05, 0) is 37.8 Å². The number of halogens is 2. The van der Waals surface area contributed by atoms with E-state index in [2.05, 4.69) is 20.0 Å². The minimum Gasteiger partial charge on any atom is -0.477 e. The summed E-state index contributed by atoms with van der Waals surface area (Å²) < 4.78 is 34.6. The first-order chi connectivity index (χ1) is 30.4. The zero-order valence-electron chi connectivity index (χ0n) is 34.1. The Hall–Kier alpha value is -7.99. The third-order valence-electron chi connectivity index (χ3n) is 11.6. The lowest BCUT2D eigenvalue weighted by Crippen LogP contribution is -2.52. The van der Waals surface area contributed by atoms with Gasteiger partial charge in [-0.25, -0.2) is 23.2 Å². The summed E-state index contributed by atoms with van der Waals surface area (Å²) in [5.74, 6) is -5.75. The third kappa shape index (κ3) is 7.97. The molecule has 0 bridgehead atoms. The number of benzene rings is 2. The van der Waals surface area contributed by atoms with Gasteiger partial charge in [-0.1, -0.05) is 0 Å². The number of guanidine groups is 4. The summed E-state index contributed by atoms with van der Waals surface area (Å²) in [7, 11) is 0. The van der Waals surface area contributed by atoms with Crippen LogP contribution in [0.4, 0.5) is 36.3 Å². The zero-order valence-corrected chi connectivity index (χ0v) is 34.1. The van der Waals surface area contributed by atoms with Crippen molar-refractivity contribution in [1.82, 2.24) is 18.9 Å². The number of carboxylic acid groups (broad SMARTS) is 2. The third-order valence-corrected chi connectivity index (χ3v) is 11.6. The normalized spacial score (nSPS) is 18.0. The Morgan fingerprint density at radius 1 is 0.641 bits per heavy atom. The Morgan fingerprint density at radius 2 is 1.12 bits per heavy atom. The van der Waals surface area contributed by atoms with Crippen molar-refractivity contribution in [3.63, 3.8) is 0 Å².